The van der Waals surface area contributed by atoms with Crippen LogP contribution in [0.1, 0.15) is 40.3 Å². The maximum Gasteiger partial charge on any atom is 0.255 e. The Kier molecular flexibility index (Phi) is 6.85. The minimum Gasteiger partial charge on any atom is -0.487 e. The summed E-state index contributed by atoms with van der Waals surface area (Å²) in [6, 6.07) is 11.6. The Labute approximate surface area is 177 Å². The molecular formula is C21H20ClN3O3S. The fourth-order valence-corrected chi connectivity index (χ4v) is 3.20. The number of ether oxygens (including phenoxy) is 1. The molecule has 0 radical (unpaired) electrons. The van der Waals surface area contributed by atoms with Crippen molar-refractivity contribution in [3.05, 3.63) is 75.2 Å². The number of benzene rings is 2. The number of aromatic nitrogens is 1. The Morgan fingerprint density at radius 3 is 2.66 bits per heavy atom. The van der Waals surface area contributed by atoms with Gasteiger partial charge in [-0.2, -0.15) is 0 Å². The molecule has 150 valence electrons. The summed E-state index contributed by atoms with van der Waals surface area (Å²) in [4.78, 5) is 29.0. The molecule has 0 bridgehead atoms. The van der Waals surface area contributed by atoms with E-state index in [-0.39, 0.29) is 17.9 Å². The van der Waals surface area contributed by atoms with Crippen molar-refractivity contribution in [3.63, 3.8) is 0 Å². The number of hydrogen-bond acceptors (Lipinski definition) is 5. The molecule has 0 fully saturated rings. The van der Waals surface area contributed by atoms with Gasteiger partial charge in [0.1, 0.15) is 12.4 Å². The molecule has 29 heavy (non-hydrogen) atoms. The molecule has 2 N–H and O–H groups in total. The van der Waals surface area contributed by atoms with Gasteiger partial charge in [-0.3, -0.25) is 9.59 Å². The quantitative estimate of drug-likeness (QED) is 0.567. The molecule has 2 aromatic carbocycles. The van der Waals surface area contributed by atoms with Crippen LogP contribution in [0.4, 0.5) is 5.69 Å². The molecule has 0 saturated heterocycles. The lowest BCUT2D eigenvalue weighted by atomic mass is 10.1. The summed E-state index contributed by atoms with van der Waals surface area (Å²) in [5, 5.41) is 7.81. The Morgan fingerprint density at radius 2 is 1.93 bits per heavy atom. The Balaban J connectivity index is 1.71. The first-order valence-corrected chi connectivity index (χ1v) is 10.3. The van der Waals surface area contributed by atoms with Crippen molar-refractivity contribution in [3.8, 4) is 5.75 Å². The highest BCUT2D eigenvalue weighted by Crippen LogP contribution is 2.24. The highest BCUT2D eigenvalue weighted by atomic mass is 35.5. The molecule has 0 atom stereocenters. The standard InChI is InChI=1S/C21H20ClN3O3S/c1-13(2)24-20(26)15-6-7-18(22)19(9-15)25-21(27)14-4-3-5-17(8-14)28-10-16-11-29-12-23-16/h3-9,11-13H,10H2,1-2H3,(H,24,26)(H,25,27). The second-order valence-electron chi connectivity index (χ2n) is 6.57. The molecule has 0 aliphatic heterocycles. The van der Waals surface area contributed by atoms with Crippen LogP contribution >= 0.6 is 22.9 Å². The first-order valence-electron chi connectivity index (χ1n) is 8.94. The molecule has 0 unspecified atom stereocenters. The number of rotatable bonds is 7. The molecule has 6 nitrogen and oxygen atoms in total. The van der Waals surface area contributed by atoms with Gasteiger partial charge in [0.15, 0.2) is 0 Å². The number of nitrogens with zero attached hydrogens (tertiary/aromatic N) is 1. The second-order valence-corrected chi connectivity index (χ2v) is 7.70. The van der Waals surface area contributed by atoms with Crippen LogP contribution in [0.3, 0.4) is 0 Å². The monoisotopic (exact) mass is 429 g/mol. The van der Waals surface area contributed by atoms with E-state index in [1.54, 1.807) is 48.0 Å². The van der Waals surface area contributed by atoms with Gasteiger partial charge in [-0.1, -0.05) is 17.7 Å². The van der Waals surface area contributed by atoms with Crippen LogP contribution in [0.25, 0.3) is 0 Å². The van der Waals surface area contributed by atoms with E-state index in [9.17, 15) is 9.59 Å². The summed E-state index contributed by atoms with van der Waals surface area (Å²) in [6.07, 6.45) is 0. The zero-order valence-electron chi connectivity index (χ0n) is 15.9. The van der Waals surface area contributed by atoms with E-state index in [1.165, 1.54) is 11.3 Å². The summed E-state index contributed by atoms with van der Waals surface area (Å²) in [6.45, 7) is 4.08. The first kappa shape index (κ1) is 20.8. The zero-order chi connectivity index (χ0) is 20.8. The number of thiazole rings is 1. The van der Waals surface area contributed by atoms with Crippen LogP contribution < -0.4 is 15.4 Å². The van der Waals surface area contributed by atoms with E-state index in [2.05, 4.69) is 15.6 Å². The van der Waals surface area contributed by atoms with E-state index in [1.807, 2.05) is 19.2 Å². The van der Waals surface area contributed by atoms with Gasteiger partial charge in [-0.25, -0.2) is 4.98 Å². The third-order valence-corrected chi connectivity index (χ3v) is 4.83. The molecule has 2 amide bonds. The number of halogens is 1. The summed E-state index contributed by atoms with van der Waals surface area (Å²) in [5.41, 5.74) is 3.75. The van der Waals surface area contributed by atoms with Crippen molar-refractivity contribution < 1.29 is 14.3 Å². The van der Waals surface area contributed by atoms with Crippen molar-refractivity contribution >= 4 is 40.4 Å². The number of amides is 2. The topological polar surface area (TPSA) is 80.3 Å². The Bertz CT molecular complexity index is 1010. The average Bonchev–Trinajstić information content (AvgIpc) is 3.21. The van der Waals surface area contributed by atoms with Crippen molar-refractivity contribution in [1.82, 2.24) is 10.3 Å². The smallest absolute Gasteiger partial charge is 0.255 e. The number of hydrogen-bond donors (Lipinski definition) is 2. The van der Waals surface area contributed by atoms with Gasteiger partial charge in [-0.15, -0.1) is 11.3 Å². The minimum atomic E-state index is -0.354. The molecule has 0 saturated carbocycles. The van der Waals surface area contributed by atoms with Crippen LogP contribution in [-0.4, -0.2) is 22.8 Å². The van der Waals surface area contributed by atoms with Crippen molar-refractivity contribution in [1.29, 1.82) is 0 Å². The van der Waals surface area contributed by atoms with Gasteiger partial charge in [0.05, 0.1) is 21.9 Å². The molecule has 1 heterocycles. The minimum absolute atomic E-state index is 0.00300. The van der Waals surface area contributed by atoms with Gasteiger partial charge < -0.3 is 15.4 Å². The summed E-state index contributed by atoms with van der Waals surface area (Å²) < 4.78 is 5.69. The van der Waals surface area contributed by atoms with Crippen molar-refractivity contribution in [2.75, 3.05) is 5.32 Å². The van der Waals surface area contributed by atoms with E-state index < -0.39 is 0 Å². The molecular weight excluding hydrogens is 410 g/mol. The molecule has 0 aliphatic rings. The van der Waals surface area contributed by atoms with E-state index >= 15 is 0 Å². The SMILES string of the molecule is CC(C)NC(=O)c1ccc(Cl)c(NC(=O)c2cccc(OCc3cscn3)c2)c1. The van der Waals surface area contributed by atoms with Gasteiger partial charge in [0.25, 0.3) is 11.8 Å². The highest BCUT2D eigenvalue weighted by Gasteiger charge is 2.13. The van der Waals surface area contributed by atoms with E-state index in [0.29, 0.717) is 34.2 Å². The third kappa shape index (κ3) is 5.79. The number of anilines is 1. The summed E-state index contributed by atoms with van der Waals surface area (Å²) in [7, 11) is 0. The van der Waals surface area contributed by atoms with Gasteiger partial charge >= 0.3 is 0 Å². The lowest BCUT2D eigenvalue weighted by Gasteiger charge is -2.12. The fraction of sp³-hybridized carbons (Fsp3) is 0.190. The van der Waals surface area contributed by atoms with E-state index in [0.717, 1.165) is 5.69 Å². The number of carbonyl (C=O) groups excluding carboxylic acids is 2. The summed E-state index contributed by atoms with van der Waals surface area (Å²) in [5.74, 6) is -0.0289. The van der Waals surface area contributed by atoms with Crippen LogP contribution in [0.2, 0.25) is 5.02 Å². The maximum atomic E-state index is 12.7. The van der Waals surface area contributed by atoms with Crippen molar-refractivity contribution in [2.45, 2.75) is 26.5 Å². The average molecular weight is 430 g/mol. The van der Waals surface area contributed by atoms with Crippen LogP contribution in [-0.2, 0) is 6.61 Å². The molecule has 1 aromatic heterocycles. The lowest BCUT2D eigenvalue weighted by Crippen LogP contribution is -2.30. The zero-order valence-corrected chi connectivity index (χ0v) is 17.5. The van der Waals surface area contributed by atoms with Crippen LogP contribution in [0.15, 0.2) is 53.4 Å². The predicted molar refractivity (Wildman–Crippen MR) is 115 cm³/mol. The number of nitrogens with one attached hydrogen (secondary N) is 2. The molecule has 0 spiro atoms. The largest absolute Gasteiger partial charge is 0.487 e. The van der Waals surface area contributed by atoms with Crippen molar-refractivity contribution in [2.24, 2.45) is 0 Å². The second kappa shape index (κ2) is 9.54. The number of carbonyl (C=O) groups is 2. The fourth-order valence-electron chi connectivity index (χ4n) is 2.50. The van der Waals surface area contributed by atoms with Gasteiger partial charge in [0.2, 0.25) is 0 Å². The lowest BCUT2D eigenvalue weighted by molar-refractivity contribution is 0.0942. The normalized spacial score (nSPS) is 10.6. The molecule has 8 heteroatoms. The Hall–Kier alpha value is -2.90. The van der Waals surface area contributed by atoms with E-state index in [4.69, 9.17) is 16.3 Å². The Morgan fingerprint density at radius 1 is 1.14 bits per heavy atom. The molecule has 3 rings (SSSR count). The molecule has 3 aromatic rings. The molecule has 0 aliphatic carbocycles. The van der Waals surface area contributed by atoms with Crippen LogP contribution in [0.5, 0.6) is 5.75 Å². The predicted octanol–water partition coefficient (Wildman–Crippen LogP) is 4.77. The van der Waals surface area contributed by atoms with Gasteiger partial charge in [-0.05, 0) is 50.2 Å². The first-order chi connectivity index (χ1) is 13.9. The summed E-state index contributed by atoms with van der Waals surface area (Å²) >= 11 is 7.69. The highest BCUT2D eigenvalue weighted by molar-refractivity contribution is 7.07. The maximum absolute atomic E-state index is 12.7. The van der Waals surface area contributed by atoms with Crippen LogP contribution in [0, 0.1) is 0 Å². The van der Waals surface area contributed by atoms with Gasteiger partial charge in [0, 0.05) is 22.5 Å². The third-order valence-electron chi connectivity index (χ3n) is 3.86.